The van der Waals surface area contributed by atoms with Crippen LogP contribution in [-0.4, -0.2) is 91.8 Å². The van der Waals surface area contributed by atoms with Crippen molar-refractivity contribution in [2.75, 3.05) is 50.1 Å². The molecule has 8 rings (SSSR count). The summed E-state index contributed by atoms with van der Waals surface area (Å²) in [6.45, 7) is 4.87. The summed E-state index contributed by atoms with van der Waals surface area (Å²) in [5.74, 6) is 0.257. The number of methoxy groups -OCH3 is 1. The van der Waals surface area contributed by atoms with Gasteiger partial charge in [0, 0.05) is 54.4 Å². The molecule has 3 amide bonds. The molecule has 2 aliphatic heterocycles. The first-order valence-corrected chi connectivity index (χ1v) is 18.6. The summed E-state index contributed by atoms with van der Waals surface area (Å²) in [6.07, 6.45) is 5.75. The maximum absolute atomic E-state index is 13.3. The number of fused-ring (bicyclic) bond motifs is 2. The number of aromatic nitrogens is 6. The van der Waals surface area contributed by atoms with E-state index in [1.165, 1.54) is 57.1 Å². The number of nitrogens with one attached hydrogen (secondary N) is 3. The fraction of sp³-hybridized carbons (Fsp3) is 0.447. The Morgan fingerprint density at radius 1 is 1.02 bits per heavy atom. The number of aryl methyl sites for hydroxylation is 1. The van der Waals surface area contributed by atoms with Gasteiger partial charge in [-0.15, -0.1) is 0 Å². The largest absolute Gasteiger partial charge is 0.494 e. The highest BCUT2D eigenvalue weighted by molar-refractivity contribution is 6.03. The number of imide groups is 1. The lowest BCUT2D eigenvalue weighted by atomic mass is 9.89. The van der Waals surface area contributed by atoms with Crippen LogP contribution in [0.4, 0.5) is 24.7 Å². The number of ether oxygens (including phenoxy) is 1. The van der Waals surface area contributed by atoms with Crippen LogP contribution in [-0.2, 0) is 22.8 Å². The highest BCUT2D eigenvalue weighted by Crippen LogP contribution is 2.38. The molecule has 2 saturated heterocycles. The van der Waals surface area contributed by atoms with Gasteiger partial charge >= 0.3 is 11.9 Å². The summed E-state index contributed by atoms with van der Waals surface area (Å²) < 4.78 is 46.6. The van der Waals surface area contributed by atoms with E-state index in [4.69, 9.17) is 4.74 Å². The number of alkyl halides is 3. The topological polar surface area (TPSA) is 172 Å². The van der Waals surface area contributed by atoms with Crippen LogP contribution in [0.25, 0.3) is 21.9 Å². The quantitative estimate of drug-likeness (QED) is 0.188. The van der Waals surface area contributed by atoms with Crippen molar-refractivity contribution in [3.8, 4) is 5.75 Å². The van der Waals surface area contributed by atoms with Crippen LogP contribution < -0.4 is 26.0 Å². The van der Waals surface area contributed by atoms with Crippen LogP contribution in [0, 0.1) is 5.92 Å². The number of anilines is 2. The molecule has 56 heavy (non-hydrogen) atoms. The number of hydrogen-bond donors (Lipinski definition) is 3. The molecule has 0 spiro atoms. The van der Waals surface area contributed by atoms with Crippen LogP contribution in [0.3, 0.4) is 0 Å². The summed E-state index contributed by atoms with van der Waals surface area (Å²) in [5.41, 5.74) is 1.33. The SMILES string of the molecule is COc1ccc2c(c1N1CCN(CC3CCCCC3)CC1)n(C)c(=O)n2C1CCC(=O)NC1=O.O=C(Nc1cc2cn[nH]c2cn1)c1cccc(C(F)(F)F)n1.[HH].[HH]. The number of imidazole rings is 1. The van der Waals surface area contributed by atoms with E-state index in [-0.39, 0.29) is 32.4 Å². The number of carbonyl (C=O) groups is 3. The van der Waals surface area contributed by atoms with E-state index in [2.05, 4.69) is 40.6 Å². The third-order valence-corrected chi connectivity index (χ3v) is 10.7. The Bertz CT molecular complexity index is 2320. The standard InChI is InChI=1S/C25H35N5O4.C13H8F3N5O.2H2/c1-27-22-18(30(25(27)33)19-9-11-21(31)26-24(19)32)8-10-20(34-2)23(22)29-14-12-28(13-15-29)16-17-6-4-3-5-7-17;14-13(15,16)10-3-1-2-8(19-10)12(22)20-11-4-7-5-18-21-9(7)6-17-11;;/h8,10,17,19H,3-7,9,11-16H2,1-2H3,(H,26,31,32);1-6H,(H,18,21)(H,17,20,22);2*1H. The molecule has 1 saturated carbocycles. The van der Waals surface area contributed by atoms with Crippen LogP contribution in [0.2, 0.25) is 0 Å². The number of rotatable bonds is 7. The molecule has 0 bridgehead atoms. The number of halogens is 3. The number of H-pyrrole nitrogens is 1. The number of piperazine rings is 1. The van der Waals surface area contributed by atoms with E-state index in [9.17, 15) is 32.3 Å². The van der Waals surface area contributed by atoms with Crippen molar-refractivity contribution < 1.29 is 35.1 Å². The monoisotopic (exact) mass is 780 g/mol. The molecule has 3 aliphatic rings. The van der Waals surface area contributed by atoms with Gasteiger partial charge in [0.1, 0.15) is 34.7 Å². The molecule has 0 radical (unpaired) electrons. The van der Waals surface area contributed by atoms with Crippen molar-refractivity contribution in [2.45, 2.75) is 57.2 Å². The van der Waals surface area contributed by atoms with Crippen molar-refractivity contribution in [3.05, 3.63) is 70.7 Å². The molecule has 300 valence electrons. The van der Waals surface area contributed by atoms with Crippen LogP contribution in [0.1, 0.15) is 70.0 Å². The van der Waals surface area contributed by atoms with Gasteiger partial charge in [0.2, 0.25) is 11.8 Å². The Morgan fingerprint density at radius 3 is 2.50 bits per heavy atom. The van der Waals surface area contributed by atoms with Gasteiger partial charge in [0.25, 0.3) is 5.91 Å². The van der Waals surface area contributed by atoms with Crippen molar-refractivity contribution in [1.82, 2.24) is 39.5 Å². The minimum atomic E-state index is -4.61. The van der Waals surface area contributed by atoms with E-state index in [1.54, 1.807) is 29.4 Å². The van der Waals surface area contributed by atoms with Gasteiger partial charge in [-0.3, -0.25) is 38.8 Å². The number of aromatic amines is 1. The average molecular weight is 781 g/mol. The minimum Gasteiger partial charge on any atom is -0.494 e. The first-order valence-electron chi connectivity index (χ1n) is 18.6. The minimum absolute atomic E-state index is 0. The number of amides is 3. The molecule has 4 aromatic heterocycles. The molecule has 18 heteroatoms. The van der Waals surface area contributed by atoms with Gasteiger partial charge < -0.3 is 15.0 Å². The number of benzene rings is 1. The normalized spacial score (nSPS) is 18.4. The summed E-state index contributed by atoms with van der Waals surface area (Å²) in [4.78, 5) is 61.7. The molecule has 15 nitrogen and oxygen atoms in total. The number of nitrogens with zero attached hydrogens (tertiary/aromatic N) is 7. The summed E-state index contributed by atoms with van der Waals surface area (Å²) in [5, 5.41) is 12.0. The maximum atomic E-state index is 13.3. The smallest absolute Gasteiger partial charge is 0.433 e. The predicted octanol–water partition coefficient (Wildman–Crippen LogP) is 5.14. The molecule has 3 fully saturated rings. The third kappa shape index (κ3) is 8.10. The Morgan fingerprint density at radius 2 is 1.79 bits per heavy atom. The highest BCUT2D eigenvalue weighted by Gasteiger charge is 2.34. The Hall–Kier alpha value is -5.78. The van der Waals surface area contributed by atoms with Gasteiger partial charge in [-0.05, 0) is 55.5 Å². The second kappa shape index (κ2) is 16.1. The molecular weight excluding hydrogens is 733 g/mol. The predicted molar refractivity (Wildman–Crippen MR) is 206 cm³/mol. The first-order chi connectivity index (χ1) is 26.9. The van der Waals surface area contributed by atoms with E-state index in [0.717, 1.165) is 61.2 Å². The van der Waals surface area contributed by atoms with E-state index in [0.29, 0.717) is 22.8 Å². The van der Waals surface area contributed by atoms with Crippen LogP contribution in [0.15, 0.2) is 53.6 Å². The number of piperidine rings is 1. The van der Waals surface area contributed by atoms with Crippen LogP contribution in [0.5, 0.6) is 5.75 Å². The van der Waals surface area contributed by atoms with Crippen molar-refractivity contribution in [3.63, 3.8) is 0 Å². The van der Waals surface area contributed by atoms with Gasteiger partial charge in [-0.2, -0.15) is 18.3 Å². The highest BCUT2D eigenvalue weighted by atomic mass is 19.4. The summed E-state index contributed by atoms with van der Waals surface area (Å²) >= 11 is 0. The van der Waals surface area contributed by atoms with Crippen molar-refractivity contribution in [1.29, 1.82) is 0 Å². The first kappa shape index (κ1) is 38.5. The van der Waals surface area contributed by atoms with E-state index in [1.807, 2.05) is 12.1 Å². The molecule has 3 N–H and O–H groups in total. The summed E-state index contributed by atoms with van der Waals surface area (Å²) in [6, 6.07) is 7.70. The molecule has 6 heterocycles. The lowest BCUT2D eigenvalue weighted by molar-refractivity contribution is -0.141. The van der Waals surface area contributed by atoms with Crippen molar-refractivity contribution in [2.24, 2.45) is 13.0 Å². The van der Waals surface area contributed by atoms with E-state index < -0.39 is 29.7 Å². The average Bonchev–Trinajstić information content (AvgIpc) is 3.76. The number of carbonyl (C=O) groups excluding carboxylic acids is 3. The zero-order valence-electron chi connectivity index (χ0n) is 31.1. The lowest BCUT2D eigenvalue weighted by Gasteiger charge is -2.39. The van der Waals surface area contributed by atoms with Crippen LogP contribution >= 0.6 is 0 Å². The second-order valence-corrected chi connectivity index (χ2v) is 14.3. The molecule has 1 unspecified atom stereocenters. The van der Waals surface area contributed by atoms with E-state index >= 15 is 0 Å². The van der Waals surface area contributed by atoms with Gasteiger partial charge in [-0.1, -0.05) is 25.3 Å². The number of pyridine rings is 2. The van der Waals surface area contributed by atoms with Gasteiger partial charge in [0.05, 0.1) is 36.1 Å². The molecule has 5 aromatic rings. The lowest BCUT2D eigenvalue weighted by Crippen LogP contribution is -2.48. The summed E-state index contributed by atoms with van der Waals surface area (Å²) in [7, 11) is 3.40. The molecular formula is C38H47F3N10O5. The fourth-order valence-corrected chi connectivity index (χ4v) is 7.84. The Kier molecular flexibility index (Phi) is 11.1. The molecule has 1 atom stereocenters. The zero-order chi connectivity index (χ0) is 39.6. The second-order valence-electron chi connectivity index (χ2n) is 14.3. The zero-order valence-corrected chi connectivity index (χ0v) is 31.1. The number of hydrogen-bond acceptors (Lipinski definition) is 10. The Labute approximate surface area is 322 Å². The maximum Gasteiger partial charge on any atom is 0.433 e. The Balaban J connectivity index is 0.000000232. The van der Waals surface area contributed by atoms with Gasteiger partial charge in [-0.25, -0.2) is 14.8 Å². The molecule has 1 aromatic carbocycles. The molecule has 1 aliphatic carbocycles. The van der Waals surface area contributed by atoms with Crippen molar-refractivity contribution >= 4 is 51.2 Å². The van der Waals surface area contributed by atoms with Gasteiger partial charge in [0.15, 0.2) is 0 Å². The third-order valence-electron chi connectivity index (χ3n) is 10.7. The fourth-order valence-electron chi connectivity index (χ4n) is 7.84.